The molecule has 18 heavy (non-hydrogen) atoms. The van der Waals surface area contributed by atoms with Crippen molar-refractivity contribution in [2.45, 2.75) is 26.1 Å². The highest BCUT2D eigenvalue weighted by Gasteiger charge is 2.07. The molecule has 0 aromatic heterocycles. The van der Waals surface area contributed by atoms with E-state index in [1.807, 2.05) is 32.0 Å². The van der Waals surface area contributed by atoms with E-state index in [1.165, 1.54) is 0 Å². The highest BCUT2D eigenvalue weighted by atomic mass is 79.9. The summed E-state index contributed by atoms with van der Waals surface area (Å²) in [4.78, 5) is 0. The number of aliphatic hydroxyl groups excluding tert-OH is 1. The lowest BCUT2D eigenvalue weighted by atomic mass is 10.3. The van der Waals surface area contributed by atoms with Gasteiger partial charge in [0.25, 0.3) is 0 Å². The normalized spacial score (nSPS) is 12.6. The molecular formula is C13H20BrNO3. The third-order valence-corrected chi connectivity index (χ3v) is 3.02. The van der Waals surface area contributed by atoms with Gasteiger partial charge >= 0.3 is 0 Å². The fourth-order valence-corrected chi connectivity index (χ4v) is 1.74. The first kappa shape index (κ1) is 15.3. The zero-order valence-electron chi connectivity index (χ0n) is 10.9. The maximum absolute atomic E-state index is 9.74. The Hall–Kier alpha value is -0.780. The summed E-state index contributed by atoms with van der Waals surface area (Å²) in [7, 11) is 1.62. The molecule has 2 N–H and O–H groups in total. The Labute approximate surface area is 116 Å². The molecule has 5 heteroatoms. The second-order valence-corrected chi connectivity index (χ2v) is 5.12. The fourth-order valence-electron chi connectivity index (χ4n) is 1.36. The smallest absolute Gasteiger partial charge is 0.121 e. The van der Waals surface area contributed by atoms with Crippen LogP contribution in [0.5, 0.6) is 5.75 Å². The first-order chi connectivity index (χ1) is 8.52. The molecule has 0 fully saturated rings. The Morgan fingerprint density at radius 3 is 2.72 bits per heavy atom. The third kappa shape index (κ3) is 5.25. The summed E-state index contributed by atoms with van der Waals surface area (Å²) in [5.74, 6) is 0.772. The van der Waals surface area contributed by atoms with Gasteiger partial charge in [-0.1, -0.05) is 0 Å². The Balaban J connectivity index is 2.47. The lowest BCUT2D eigenvalue weighted by molar-refractivity contribution is 0.0112. The number of methoxy groups -OCH3 is 1. The van der Waals surface area contributed by atoms with E-state index < -0.39 is 6.10 Å². The number of hydrogen-bond acceptors (Lipinski definition) is 4. The maximum Gasteiger partial charge on any atom is 0.121 e. The standard InChI is InChI=1S/C13H20BrNO3/c1-9(2)18-8-10(16)7-15-13-6-11(17-3)4-5-12(13)14/h4-6,9-10,15-16H,7-8H2,1-3H3. The zero-order chi connectivity index (χ0) is 13.5. The number of aliphatic hydroxyl groups is 1. The summed E-state index contributed by atoms with van der Waals surface area (Å²) in [6.07, 6.45) is -0.409. The minimum atomic E-state index is -0.537. The van der Waals surface area contributed by atoms with Gasteiger partial charge < -0.3 is 19.9 Å². The van der Waals surface area contributed by atoms with Gasteiger partial charge in [0.2, 0.25) is 0 Å². The van der Waals surface area contributed by atoms with Crippen LogP contribution in [0.4, 0.5) is 5.69 Å². The van der Waals surface area contributed by atoms with Crippen LogP contribution < -0.4 is 10.1 Å². The predicted octanol–water partition coefficient (Wildman–Crippen LogP) is 2.66. The van der Waals surface area contributed by atoms with E-state index in [0.29, 0.717) is 13.2 Å². The van der Waals surface area contributed by atoms with Gasteiger partial charge in [-0.2, -0.15) is 0 Å². The number of halogens is 1. The number of benzene rings is 1. The minimum Gasteiger partial charge on any atom is -0.497 e. The summed E-state index contributed by atoms with van der Waals surface area (Å²) in [6, 6.07) is 5.64. The van der Waals surface area contributed by atoms with E-state index in [1.54, 1.807) is 7.11 Å². The first-order valence-corrected chi connectivity index (χ1v) is 6.69. The number of ether oxygens (including phenoxy) is 2. The summed E-state index contributed by atoms with van der Waals surface area (Å²) < 4.78 is 11.4. The molecular weight excluding hydrogens is 298 g/mol. The molecule has 0 saturated heterocycles. The van der Waals surface area contributed by atoms with E-state index in [2.05, 4.69) is 21.2 Å². The van der Waals surface area contributed by atoms with Gasteiger partial charge in [-0.15, -0.1) is 0 Å². The van der Waals surface area contributed by atoms with Crippen molar-refractivity contribution in [3.63, 3.8) is 0 Å². The molecule has 1 atom stereocenters. The van der Waals surface area contributed by atoms with E-state index in [0.717, 1.165) is 15.9 Å². The average Bonchev–Trinajstić information content (AvgIpc) is 2.35. The maximum atomic E-state index is 9.74. The van der Waals surface area contributed by atoms with Crippen LogP contribution in [-0.4, -0.2) is 37.6 Å². The van der Waals surface area contributed by atoms with E-state index in [-0.39, 0.29) is 6.10 Å². The Morgan fingerprint density at radius 1 is 1.39 bits per heavy atom. The topological polar surface area (TPSA) is 50.7 Å². The van der Waals surface area contributed by atoms with Crippen LogP contribution in [0.1, 0.15) is 13.8 Å². The zero-order valence-corrected chi connectivity index (χ0v) is 12.5. The number of rotatable bonds is 7. The molecule has 0 heterocycles. The van der Waals surface area contributed by atoms with Crippen molar-refractivity contribution < 1.29 is 14.6 Å². The van der Waals surface area contributed by atoms with Crippen molar-refractivity contribution in [2.24, 2.45) is 0 Å². The highest BCUT2D eigenvalue weighted by molar-refractivity contribution is 9.10. The van der Waals surface area contributed by atoms with Crippen molar-refractivity contribution in [2.75, 3.05) is 25.6 Å². The molecule has 4 nitrogen and oxygen atoms in total. The Kier molecular flexibility index (Phi) is 6.46. The predicted molar refractivity (Wildman–Crippen MR) is 76.3 cm³/mol. The number of nitrogens with one attached hydrogen (secondary N) is 1. The Bertz CT molecular complexity index is 371. The number of anilines is 1. The van der Waals surface area contributed by atoms with E-state index in [4.69, 9.17) is 9.47 Å². The van der Waals surface area contributed by atoms with Crippen molar-refractivity contribution in [3.05, 3.63) is 22.7 Å². The van der Waals surface area contributed by atoms with Crippen LogP contribution in [0.3, 0.4) is 0 Å². The van der Waals surface area contributed by atoms with Gasteiger partial charge in [0.15, 0.2) is 0 Å². The SMILES string of the molecule is COc1ccc(Br)c(NCC(O)COC(C)C)c1. The molecule has 1 unspecified atom stereocenters. The lowest BCUT2D eigenvalue weighted by Crippen LogP contribution is -2.26. The van der Waals surface area contributed by atoms with Crippen LogP contribution in [-0.2, 0) is 4.74 Å². The van der Waals surface area contributed by atoms with Gasteiger partial charge in [0, 0.05) is 17.1 Å². The molecule has 1 aromatic rings. The average molecular weight is 318 g/mol. The summed E-state index contributed by atoms with van der Waals surface area (Å²) >= 11 is 3.44. The van der Waals surface area contributed by atoms with E-state index in [9.17, 15) is 5.11 Å². The molecule has 0 spiro atoms. The molecule has 102 valence electrons. The second kappa shape index (κ2) is 7.61. The lowest BCUT2D eigenvalue weighted by Gasteiger charge is -2.16. The largest absolute Gasteiger partial charge is 0.497 e. The molecule has 0 saturated carbocycles. The van der Waals surface area contributed by atoms with Gasteiger partial charge in [-0.3, -0.25) is 0 Å². The van der Waals surface area contributed by atoms with Crippen LogP contribution in [0.2, 0.25) is 0 Å². The van der Waals surface area contributed by atoms with E-state index >= 15 is 0 Å². The van der Waals surface area contributed by atoms with Crippen LogP contribution >= 0.6 is 15.9 Å². The quantitative estimate of drug-likeness (QED) is 0.811. The third-order valence-electron chi connectivity index (χ3n) is 2.32. The second-order valence-electron chi connectivity index (χ2n) is 4.26. The number of hydrogen-bond donors (Lipinski definition) is 2. The van der Waals surface area contributed by atoms with Gasteiger partial charge in [-0.05, 0) is 41.9 Å². The van der Waals surface area contributed by atoms with Gasteiger partial charge in [0.05, 0.1) is 31.6 Å². The van der Waals surface area contributed by atoms with Crippen molar-refractivity contribution in [1.82, 2.24) is 0 Å². The first-order valence-electron chi connectivity index (χ1n) is 5.90. The van der Waals surface area contributed by atoms with Crippen LogP contribution in [0, 0.1) is 0 Å². The summed E-state index contributed by atoms with van der Waals surface area (Å²) in [5.41, 5.74) is 0.887. The molecule has 0 amide bonds. The molecule has 1 aromatic carbocycles. The highest BCUT2D eigenvalue weighted by Crippen LogP contribution is 2.26. The minimum absolute atomic E-state index is 0.128. The summed E-state index contributed by atoms with van der Waals surface area (Å²) in [6.45, 7) is 4.64. The molecule has 0 bridgehead atoms. The molecule has 0 aliphatic carbocycles. The molecule has 0 aliphatic heterocycles. The van der Waals surface area contributed by atoms with Gasteiger partial charge in [0.1, 0.15) is 5.75 Å². The molecule has 1 rings (SSSR count). The van der Waals surface area contributed by atoms with Crippen molar-refractivity contribution >= 4 is 21.6 Å². The van der Waals surface area contributed by atoms with Crippen LogP contribution in [0.15, 0.2) is 22.7 Å². The van der Waals surface area contributed by atoms with Crippen molar-refractivity contribution in [1.29, 1.82) is 0 Å². The van der Waals surface area contributed by atoms with Crippen LogP contribution in [0.25, 0.3) is 0 Å². The molecule has 0 aliphatic rings. The fraction of sp³-hybridized carbons (Fsp3) is 0.538. The summed E-state index contributed by atoms with van der Waals surface area (Å²) in [5, 5.41) is 12.9. The van der Waals surface area contributed by atoms with Gasteiger partial charge in [-0.25, -0.2) is 0 Å². The monoisotopic (exact) mass is 317 g/mol. The van der Waals surface area contributed by atoms with Crippen molar-refractivity contribution in [3.8, 4) is 5.75 Å². The molecule has 0 radical (unpaired) electrons. The Morgan fingerprint density at radius 2 is 2.11 bits per heavy atom.